The molecule has 1 amide bonds. The van der Waals surface area contributed by atoms with Gasteiger partial charge in [-0.05, 0) is 44.9 Å². The Bertz CT molecular complexity index is 480. The summed E-state index contributed by atoms with van der Waals surface area (Å²) in [7, 11) is 0. The van der Waals surface area contributed by atoms with Crippen LogP contribution in [0.5, 0.6) is 11.5 Å². The highest BCUT2D eigenvalue weighted by atomic mass is 16.6. The van der Waals surface area contributed by atoms with Crippen molar-refractivity contribution in [2.75, 3.05) is 6.54 Å². The smallest absolute Gasteiger partial charge is 0.410 e. The Hall–Kier alpha value is -1.91. The molecule has 118 valence electrons. The molecule has 0 bridgehead atoms. The maximum Gasteiger partial charge on any atom is 0.410 e. The van der Waals surface area contributed by atoms with Crippen LogP contribution in [0.2, 0.25) is 0 Å². The Morgan fingerprint density at radius 2 is 1.90 bits per heavy atom. The van der Waals surface area contributed by atoms with Crippen LogP contribution in [0.25, 0.3) is 0 Å². The predicted octanol–water partition coefficient (Wildman–Crippen LogP) is 3.64. The molecular weight excluding hydrogens is 270 g/mol. The van der Waals surface area contributed by atoms with Crippen molar-refractivity contribution in [3.8, 4) is 11.5 Å². The normalized spacial score (nSPS) is 11.2. The molecule has 0 aliphatic carbocycles. The van der Waals surface area contributed by atoms with Gasteiger partial charge < -0.3 is 19.8 Å². The molecule has 0 aliphatic rings. The minimum absolute atomic E-state index is 0.170. The van der Waals surface area contributed by atoms with E-state index in [0.717, 1.165) is 18.4 Å². The Labute approximate surface area is 126 Å². The van der Waals surface area contributed by atoms with E-state index in [2.05, 4.69) is 6.92 Å². The number of hydrogen-bond acceptors (Lipinski definition) is 4. The lowest BCUT2D eigenvalue weighted by atomic mass is 10.2. The summed E-state index contributed by atoms with van der Waals surface area (Å²) in [6.45, 7) is 8.47. The summed E-state index contributed by atoms with van der Waals surface area (Å²) >= 11 is 0. The van der Waals surface area contributed by atoms with Crippen LogP contribution in [0, 0.1) is 0 Å². The first-order chi connectivity index (χ1) is 9.73. The van der Waals surface area contributed by atoms with E-state index >= 15 is 0 Å². The van der Waals surface area contributed by atoms with Crippen molar-refractivity contribution in [3.63, 3.8) is 0 Å². The van der Waals surface area contributed by atoms with E-state index in [0.29, 0.717) is 13.1 Å². The molecule has 0 fully saturated rings. The van der Waals surface area contributed by atoms with Gasteiger partial charge in [-0.3, -0.25) is 0 Å². The van der Waals surface area contributed by atoms with E-state index < -0.39 is 5.60 Å². The monoisotopic (exact) mass is 295 g/mol. The van der Waals surface area contributed by atoms with Gasteiger partial charge in [0.2, 0.25) is 0 Å². The van der Waals surface area contributed by atoms with E-state index in [-0.39, 0.29) is 17.6 Å². The van der Waals surface area contributed by atoms with Gasteiger partial charge in [-0.25, -0.2) is 4.79 Å². The molecule has 0 aliphatic heterocycles. The highest BCUT2D eigenvalue weighted by Crippen LogP contribution is 2.25. The number of carbonyl (C=O) groups is 1. The number of unbranched alkanes of at least 4 members (excludes halogenated alkanes) is 1. The van der Waals surface area contributed by atoms with E-state index in [9.17, 15) is 15.0 Å². The van der Waals surface area contributed by atoms with E-state index in [1.165, 1.54) is 12.1 Å². The lowest BCUT2D eigenvalue weighted by Crippen LogP contribution is -2.37. The van der Waals surface area contributed by atoms with Crippen molar-refractivity contribution >= 4 is 6.09 Å². The van der Waals surface area contributed by atoms with Gasteiger partial charge in [0.05, 0.1) is 0 Å². The number of nitrogens with zero attached hydrogens (tertiary/aromatic N) is 1. The second kappa shape index (κ2) is 7.20. The average molecular weight is 295 g/mol. The Balaban J connectivity index is 2.81. The number of phenolic OH excluding ortho intramolecular Hbond substituents is 2. The van der Waals surface area contributed by atoms with Gasteiger partial charge in [0.1, 0.15) is 5.60 Å². The molecular formula is C16H25NO4. The lowest BCUT2D eigenvalue weighted by Gasteiger charge is -2.27. The molecule has 5 heteroatoms. The second-order valence-electron chi connectivity index (χ2n) is 6.08. The molecule has 0 radical (unpaired) electrons. The predicted molar refractivity (Wildman–Crippen MR) is 81.3 cm³/mol. The molecule has 0 heterocycles. The van der Waals surface area contributed by atoms with Crippen LogP contribution in [0.4, 0.5) is 4.79 Å². The summed E-state index contributed by atoms with van der Waals surface area (Å²) in [5, 5.41) is 18.9. The first-order valence-corrected chi connectivity index (χ1v) is 7.21. The van der Waals surface area contributed by atoms with Crippen LogP contribution in [0.3, 0.4) is 0 Å². The summed E-state index contributed by atoms with van der Waals surface area (Å²) < 4.78 is 5.40. The number of hydrogen-bond donors (Lipinski definition) is 2. The Morgan fingerprint density at radius 3 is 2.43 bits per heavy atom. The van der Waals surface area contributed by atoms with E-state index in [1.54, 1.807) is 11.0 Å². The van der Waals surface area contributed by atoms with Gasteiger partial charge in [0.15, 0.2) is 11.5 Å². The first-order valence-electron chi connectivity index (χ1n) is 7.21. The second-order valence-corrected chi connectivity index (χ2v) is 6.08. The van der Waals surface area contributed by atoms with E-state index in [1.807, 2.05) is 20.8 Å². The third kappa shape index (κ3) is 5.94. The van der Waals surface area contributed by atoms with Crippen LogP contribution in [0.15, 0.2) is 18.2 Å². The van der Waals surface area contributed by atoms with Gasteiger partial charge in [-0.1, -0.05) is 19.4 Å². The van der Waals surface area contributed by atoms with Gasteiger partial charge in [-0.2, -0.15) is 0 Å². The Kier molecular flexibility index (Phi) is 5.88. The number of ether oxygens (including phenoxy) is 1. The Morgan fingerprint density at radius 1 is 1.24 bits per heavy atom. The maximum atomic E-state index is 12.2. The van der Waals surface area contributed by atoms with Crippen LogP contribution < -0.4 is 0 Å². The van der Waals surface area contributed by atoms with Crippen molar-refractivity contribution in [1.29, 1.82) is 0 Å². The summed E-state index contributed by atoms with van der Waals surface area (Å²) in [6.07, 6.45) is 1.48. The topological polar surface area (TPSA) is 70.0 Å². The van der Waals surface area contributed by atoms with Crippen LogP contribution in [-0.2, 0) is 11.3 Å². The molecule has 0 atom stereocenters. The standard InChI is InChI=1S/C16H25NO4/c1-5-6-9-17(15(20)21-16(2,3)4)11-12-7-8-13(18)14(19)10-12/h7-8,10,18-19H,5-6,9,11H2,1-4H3. The van der Waals surface area contributed by atoms with E-state index in [4.69, 9.17) is 4.74 Å². The molecule has 1 rings (SSSR count). The molecule has 21 heavy (non-hydrogen) atoms. The fraction of sp³-hybridized carbons (Fsp3) is 0.562. The van der Waals surface area contributed by atoms with Crippen molar-refractivity contribution in [2.45, 2.75) is 52.7 Å². The van der Waals surface area contributed by atoms with Crippen LogP contribution >= 0.6 is 0 Å². The molecule has 0 aromatic heterocycles. The van der Waals surface area contributed by atoms with Crippen LogP contribution in [0.1, 0.15) is 46.1 Å². The zero-order chi connectivity index (χ0) is 16.0. The summed E-state index contributed by atoms with van der Waals surface area (Å²) in [5.74, 6) is -0.358. The zero-order valence-corrected chi connectivity index (χ0v) is 13.2. The minimum atomic E-state index is -0.543. The number of phenols is 2. The van der Waals surface area contributed by atoms with Crippen molar-refractivity contribution in [3.05, 3.63) is 23.8 Å². The summed E-state index contributed by atoms with van der Waals surface area (Å²) in [6, 6.07) is 4.55. The van der Waals surface area contributed by atoms with Gasteiger partial charge in [0.25, 0.3) is 0 Å². The average Bonchev–Trinajstić information content (AvgIpc) is 2.36. The van der Waals surface area contributed by atoms with Crippen molar-refractivity contribution in [1.82, 2.24) is 4.90 Å². The fourth-order valence-corrected chi connectivity index (χ4v) is 1.80. The third-order valence-corrected chi connectivity index (χ3v) is 2.85. The highest BCUT2D eigenvalue weighted by Gasteiger charge is 2.22. The number of carbonyl (C=O) groups excluding carboxylic acids is 1. The third-order valence-electron chi connectivity index (χ3n) is 2.85. The van der Waals surface area contributed by atoms with Gasteiger partial charge in [-0.15, -0.1) is 0 Å². The maximum absolute atomic E-state index is 12.2. The molecule has 0 unspecified atom stereocenters. The number of rotatable bonds is 5. The minimum Gasteiger partial charge on any atom is -0.504 e. The highest BCUT2D eigenvalue weighted by molar-refractivity contribution is 5.68. The fourth-order valence-electron chi connectivity index (χ4n) is 1.80. The zero-order valence-electron chi connectivity index (χ0n) is 13.2. The quantitative estimate of drug-likeness (QED) is 0.814. The summed E-state index contributed by atoms with van der Waals surface area (Å²) in [4.78, 5) is 13.8. The molecule has 0 spiro atoms. The first kappa shape index (κ1) is 17.1. The number of aromatic hydroxyl groups is 2. The number of benzene rings is 1. The molecule has 1 aromatic rings. The van der Waals surface area contributed by atoms with Crippen LogP contribution in [-0.4, -0.2) is 33.4 Å². The summed E-state index contributed by atoms with van der Waals surface area (Å²) in [5.41, 5.74) is 0.200. The lowest BCUT2D eigenvalue weighted by molar-refractivity contribution is 0.0231. The largest absolute Gasteiger partial charge is 0.504 e. The molecule has 5 nitrogen and oxygen atoms in total. The number of amides is 1. The molecule has 2 N–H and O–H groups in total. The van der Waals surface area contributed by atoms with Gasteiger partial charge >= 0.3 is 6.09 Å². The molecule has 0 saturated heterocycles. The SMILES string of the molecule is CCCCN(Cc1ccc(O)c(O)c1)C(=O)OC(C)(C)C. The van der Waals surface area contributed by atoms with Gasteiger partial charge in [0, 0.05) is 13.1 Å². The van der Waals surface area contributed by atoms with Crippen molar-refractivity contribution in [2.24, 2.45) is 0 Å². The van der Waals surface area contributed by atoms with Crippen molar-refractivity contribution < 1.29 is 19.7 Å². The molecule has 0 saturated carbocycles. The molecule has 1 aromatic carbocycles.